The number of nitrogens with one attached hydrogen (secondary N) is 2. The highest BCUT2D eigenvalue weighted by Gasteiger charge is 2.16. The zero-order valence-electron chi connectivity index (χ0n) is 14.0. The Bertz CT molecular complexity index is 707. The predicted octanol–water partition coefficient (Wildman–Crippen LogP) is 3.32. The molecule has 4 nitrogen and oxygen atoms in total. The summed E-state index contributed by atoms with van der Waals surface area (Å²) in [4.78, 5) is 12.1. The van der Waals surface area contributed by atoms with Crippen molar-refractivity contribution in [2.45, 2.75) is 31.9 Å². The molecular formula is C19H22F2N2O2. The lowest BCUT2D eigenvalue weighted by molar-refractivity contribution is 0.183. The van der Waals surface area contributed by atoms with Gasteiger partial charge in [0, 0.05) is 6.54 Å². The van der Waals surface area contributed by atoms with Crippen LogP contribution in [0.3, 0.4) is 0 Å². The van der Waals surface area contributed by atoms with Crippen molar-refractivity contribution < 1.29 is 18.7 Å². The lowest BCUT2D eigenvalue weighted by atomic mass is 9.99. The van der Waals surface area contributed by atoms with E-state index in [-0.39, 0.29) is 5.82 Å². The van der Waals surface area contributed by atoms with Gasteiger partial charge in [-0.2, -0.15) is 0 Å². The van der Waals surface area contributed by atoms with Gasteiger partial charge < -0.3 is 15.7 Å². The molecule has 0 fully saturated rings. The molecule has 0 heterocycles. The third kappa shape index (κ3) is 6.51. The minimum atomic E-state index is -0.510. The van der Waals surface area contributed by atoms with Gasteiger partial charge in [0.1, 0.15) is 11.6 Å². The molecule has 0 radical (unpaired) electrons. The fourth-order valence-electron chi connectivity index (χ4n) is 2.48. The van der Waals surface area contributed by atoms with Crippen LogP contribution in [0.15, 0.2) is 48.5 Å². The van der Waals surface area contributed by atoms with Gasteiger partial charge in [0.25, 0.3) is 0 Å². The minimum absolute atomic E-state index is 0.319. The number of aliphatic hydroxyl groups excluding tert-OH is 1. The van der Waals surface area contributed by atoms with E-state index in [1.54, 1.807) is 31.2 Å². The van der Waals surface area contributed by atoms with Gasteiger partial charge in [-0.15, -0.1) is 0 Å². The molecule has 0 saturated heterocycles. The van der Waals surface area contributed by atoms with E-state index < -0.39 is 24.0 Å². The van der Waals surface area contributed by atoms with Gasteiger partial charge >= 0.3 is 6.03 Å². The van der Waals surface area contributed by atoms with Crippen molar-refractivity contribution in [2.24, 2.45) is 0 Å². The van der Waals surface area contributed by atoms with Gasteiger partial charge in [0.05, 0.1) is 12.1 Å². The third-order valence-corrected chi connectivity index (χ3v) is 3.73. The number of amides is 2. The van der Waals surface area contributed by atoms with Gasteiger partial charge in [-0.05, 0) is 55.2 Å². The molecule has 0 saturated carbocycles. The first kappa shape index (κ1) is 18.9. The Kier molecular flexibility index (Phi) is 6.89. The molecule has 6 heteroatoms. The van der Waals surface area contributed by atoms with Crippen LogP contribution in [0.1, 0.15) is 30.5 Å². The second-order valence-electron chi connectivity index (χ2n) is 5.98. The van der Waals surface area contributed by atoms with Gasteiger partial charge in [0.15, 0.2) is 0 Å². The van der Waals surface area contributed by atoms with E-state index in [1.807, 2.05) is 0 Å². The smallest absolute Gasteiger partial charge is 0.315 e. The van der Waals surface area contributed by atoms with Crippen LogP contribution in [0.4, 0.5) is 13.6 Å². The van der Waals surface area contributed by atoms with Crippen molar-refractivity contribution in [3.8, 4) is 0 Å². The summed E-state index contributed by atoms with van der Waals surface area (Å²) in [6.45, 7) is 1.96. The normalized spacial score (nSPS) is 13.1. The summed E-state index contributed by atoms with van der Waals surface area (Å²) >= 11 is 0. The lowest BCUT2D eigenvalue weighted by Crippen LogP contribution is -2.39. The first-order chi connectivity index (χ1) is 11.9. The largest absolute Gasteiger partial charge is 0.393 e. The molecule has 2 unspecified atom stereocenters. The van der Waals surface area contributed by atoms with E-state index in [4.69, 9.17) is 0 Å². The molecule has 3 N–H and O–H groups in total. The summed E-state index contributed by atoms with van der Waals surface area (Å²) in [5.74, 6) is -0.769. The zero-order valence-corrected chi connectivity index (χ0v) is 14.0. The molecule has 0 aliphatic carbocycles. The fraction of sp³-hybridized carbons (Fsp3) is 0.316. The number of benzene rings is 2. The average molecular weight is 348 g/mol. The topological polar surface area (TPSA) is 61.4 Å². The van der Waals surface area contributed by atoms with E-state index >= 15 is 0 Å². The van der Waals surface area contributed by atoms with E-state index in [2.05, 4.69) is 10.6 Å². The van der Waals surface area contributed by atoms with Gasteiger partial charge in [-0.1, -0.05) is 24.3 Å². The van der Waals surface area contributed by atoms with Crippen LogP contribution in [0.5, 0.6) is 0 Å². The van der Waals surface area contributed by atoms with Crippen LogP contribution in [-0.2, 0) is 6.42 Å². The monoisotopic (exact) mass is 348 g/mol. The van der Waals surface area contributed by atoms with Crippen molar-refractivity contribution >= 4 is 6.03 Å². The SMILES string of the molecule is CC(O)CCNC(=O)NC(Cc1cccc(F)c1)c1cccc(F)c1. The number of hydrogen-bond acceptors (Lipinski definition) is 2. The average Bonchev–Trinajstić information content (AvgIpc) is 2.54. The lowest BCUT2D eigenvalue weighted by Gasteiger charge is -2.20. The summed E-state index contributed by atoms with van der Waals surface area (Å²) < 4.78 is 26.9. The van der Waals surface area contributed by atoms with Crippen LogP contribution in [-0.4, -0.2) is 23.8 Å². The second-order valence-corrected chi connectivity index (χ2v) is 5.98. The van der Waals surface area contributed by atoms with Crippen molar-refractivity contribution in [1.82, 2.24) is 10.6 Å². The number of hydrogen-bond donors (Lipinski definition) is 3. The second kappa shape index (κ2) is 9.13. The summed E-state index contributed by atoms with van der Waals surface area (Å²) in [5.41, 5.74) is 1.29. The van der Waals surface area contributed by atoms with Crippen molar-refractivity contribution in [2.75, 3.05) is 6.54 Å². The Morgan fingerprint density at radius 3 is 2.44 bits per heavy atom. The zero-order chi connectivity index (χ0) is 18.2. The maximum Gasteiger partial charge on any atom is 0.315 e. The van der Waals surface area contributed by atoms with Crippen LogP contribution in [0, 0.1) is 11.6 Å². The Balaban J connectivity index is 2.10. The van der Waals surface area contributed by atoms with Gasteiger partial charge in [0.2, 0.25) is 0 Å². The quantitative estimate of drug-likeness (QED) is 0.719. The van der Waals surface area contributed by atoms with E-state index in [1.165, 1.54) is 24.3 Å². The number of carbonyl (C=O) groups is 1. The van der Waals surface area contributed by atoms with E-state index in [0.29, 0.717) is 30.5 Å². The summed E-state index contributed by atoms with van der Waals surface area (Å²) in [6, 6.07) is 11.1. The van der Waals surface area contributed by atoms with Gasteiger partial charge in [-0.25, -0.2) is 13.6 Å². The molecule has 2 aromatic carbocycles. The maximum absolute atomic E-state index is 13.5. The highest BCUT2D eigenvalue weighted by molar-refractivity contribution is 5.74. The molecule has 134 valence electrons. The highest BCUT2D eigenvalue weighted by atomic mass is 19.1. The van der Waals surface area contributed by atoms with Crippen LogP contribution in [0.25, 0.3) is 0 Å². The molecule has 0 aromatic heterocycles. The number of urea groups is 1. The number of aliphatic hydroxyl groups is 1. The third-order valence-electron chi connectivity index (χ3n) is 3.73. The Morgan fingerprint density at radius 2 is 1.80 bits per heavy atom. The summed E-state index contributed by atoms with van der Waals surface area (Å²) in [5, 5.41) is 14.7. The standard InChI is InChI=1S/C19H22F2N2O2/c1-13(24)8-9-22-19(25)23-18(15-5-3-7-17(21)12-15)11-14-4-2-6-16(20)10-14/h2-7,10,12-13,18,24H,8-9,11H2,1H3,(H2,22,23,25). The maximum atomic E-state index is 13.5. The molecule has 0 bridgehead atoms. The van der Waals surface area contributed by atoms with Crippen molar-refractivity contribution in [1.29, 1.82) is 0 Å². The summed E-state index contributed by atoms with van der Waals surface area (Å²) in [6.07, 6.45) is 0.249. The van der Waals surface area contributed by atoms with Gasteiger partial charge in [-0.3, -0.25) is 0 Å². The molecular weight excluding hydrogens is 326 g/mol. The molecule has 2 atom stereocenters. The molecule has 2 amide bonds. The van der Waals surface area contributed by atoms with E-state index in [9.17, 15) is 18.7 Å². The molecule has 25 heavy (non-hydrogen) atoms. The van der Waals surface area contributed by atoms with Crippen LogP contribution in [0.2, 0.25) is 0 Å². The molecule has 0 aliphatic rings. The Hall–Kier alpha value is -2.47. The van der Waals surface area contributed by atoms with Crippen molar-refractivity contribution in [3.05, 3.63) is 71.3 Å². The Morgan fingerprint density at radius 1 is 1.12 bits per heavy atom. The first-order valence-corrected chi connectivity index (χ1v) is 8.16. The highest BCUT2D eigenvalue weighted by Crippen LogP contribution is 2.20. The number of halogens is 2. The molecule has 2 rings (SSSR count). The van der Waals surface area contributed by atoms with Crippen LogP contribution >= 0.6 is 0 Å². The fourth-order valence-corrected chi connectivity index (χ4v) is 2.48. The Labute approximate surface area is 145 Å². The number of rotatable bonds is 7. The van der Waals surface area contributed by atoms with Crippen LogP contribution < -0.4 is 10.6 Å². The predicted molar refractivity (Wildman–Crippen MR) is 92.1 cm³/mol. The molecule has 0 spiro atoms. The summed E-state index contributed by atoms with van der Waals surface area (Å²) in [7, 11) is 0. The van der Waals surface area contributed by atoms with Crippen molar-refractivity contribution in [3.63, 3.8) is 0 Å². The molecule has 0 aliphatic heterocycles. The van der Waals surface area contributed by atoms with E-state index in [0.717, 1.165) is 0 Å². The first-order valence-electron chi connectivity index (χ1n) is 8.16. The minimum Gasteiger partial charge on any atom is -0.393 e. The molecule has 2 aromatic rings. The number of carbonyl (C=O) groups excluding carboxylic acids is 1.